The predicted molar refractivity (Wildman–Crippen MR) is 150 cm³/mol. The molecule has 2 N–H and O–H groups in total. The van der Waals surface area contributed by atoms with Gasteiger partial charge in [0.1, 0.15) is 5.76 Å². The van der Waals surface area contributed by atoms with E-state index in [4.69, 9.17) is 4.42 Å². The van der Waals surface area contributed by atoms with E-state index in [9.17, 15) is 9.59 Å². The quantitative estimate of drug-likeness (QED) is 0.182. The number of rotatable bonds is 11. The molecule has 0 atom stereocenters. The average Bonchev–Trinajstić information content (AvgIpc) is 3.52. The number of carbonyl (C=O) groups excluding carboxylic acids is 1. The molecule has 4 rings (SSSR count). The lowest BCUT2D eigenvalue weighted by Gasteiger charge is -2.12. The average molecular weight is 536 g/mol. The molecule has 0 saturated heterocycles. The first-order valence-corrected chi connectivity index (χ1v) is 13.5. The minimum atomic E-state index is -0.156. The molecule has 0 fully saturated rings. The lowest BCUT2D eigenvalue weighted by atomic mass is 9.94. The first-order chi connectivity index (χ1) is 17.7. The van der Waals surface area contributed by atoms with Gasteiger partial charge in [0.2, 0.25) is 5.89 Å². The highest BCUT2D eigenvalue weighted by atomic mass is 32.2. The molecule has 0 spiro atoms. The number of aromatic nitrogens is 3. The number of nitrogens with zero attached hydrogens (tertiary/aromatic N) is 3. The van der Waals surface area contributed by atoms with E-state index in [1.807, 2.05) is 30.5 Å². The van der Waals surface area contributed by atoms with Gasteiger partial charge in [-0.25, -0.2) is 9.97 Å². The molecule has 37 heavy (non-hydrogen) atoms. The molecular weight excluding hydrogens is 506 g/mol. The third kappa shape index (κ3) is 7.43. The van der Waals surface area contributed by atoms with Crippen LogP contribution in [0.5, 0.6) is 0 Å². The molecule has 0 amide bonds. The summed E-state index contributed by atoms with van der Waals surface area (Å²) in [5.74, 6) is 2.09. The number of benzene rings is 1. The van der Waals surface area contributed by atoms with Crippen molar-refractivity contribution in [1.29, 1.82) is 0 Å². The van der Waals surface area contributed by atoms with E-state index in [1.54, 1.807) is 46.1 Å². The predicted octanol–water partition coefficient (Wildman–Crippen LogP) is 5.84. The Morgan fingerprint density at radius 3 is 2.76 bits per heavy atom. The van der Waals surface area contributed by atoms with Crippen molar-refractivity contribution in [2.75, 3.05) is 17.2 Å². The summed E-state index contributed by atoms with van der Waals surface area (Å²) < 4.78 is 8.54. The minimum absolute atomic E-state index is 0.0621. The van der Waals surface area contributed by atoms with Crippen LogP contribution in [0.15, 0.2) is 81.1 Å². The van der Waals surface area contributed by atoms with Crippen LogP contribution < -0.4 is 16.2 Å². The largest absolute Gasteiger partial charge is 0.444 e. The second-order valence-electron chi connectivity index (χ2n) is 9.37. The SMILES string of the molecule is C=CC(=O)CNc1ccn(Cc2cccc(Nc3ncc(SCc4ncc(C(C)(C)C)o4)s3)c2)c(=O)c1. The molecule has 8 nitrogen and oxygen atoms in total. The van der Waals surface area contributed by atoms with E-state index < -0.39 is 0 Å². The summed E-state index contributed by atoms with van der Waals surface area (Å²) in [5.41, 5.74) is 2.24. The number of thioether (sulfide) groups is 1. The van der Waals surface area contributed by atoms with Gasteiger partial charge in [0.05, 0.1) is 35.4 Å². The Hall–Kier alpha value is -3.63. The van der Waals surface area contributed by atoms with Gasteiger partial charge in [-0.1, -0.05) is 50.8 Å². The van der Waals surface area contributed by atoms with Crippen molar-refractivity contribution in [3.05, 3.63) is 95.2 Å². The number of nitrogens with one attached hydrogen (secondary N) is 2. The number of thiazole rings is 1. The van der Waals surface area contributed by atoms with Crippen LogP contribution in [0.4, 0.5) is 16.5 Å². The van der Waals surface area contributed by atoms with Crippen LogP contribution in [0.1, 0.15) is 38.0 Å². The number of hydrogen-bond donors (Lipinski definition) is 2. The van der Waals surface area contributed by atoms with E-state index in [-0.39, 0.29) is 23.3 Å². The van der Waals surface area contributed by atoms with Crippen molar-refractivity contribution in [3.8, 4) is 0 Å². The fourth-order valence-electron chi connectivity index (χ4n) is 3.32. The Kier molecular flexibility index (Phi) is 8.30. The number of oxazole rings is 1. The normalized spacial score (nSPS) is 11.3. The number of ketones is 1. The molecular formula is C27H29N5O3S2. The summed E-state index contributed by atoms with van der Waals surface area (Å²) in [5, 5.41) is 7.06. The highest BCUT2D eigenvalue weighted by Gasteiger charge is 2.19. The van der Waals surface area contributed by atoms with Crippen molar-refractivity contribution < 1.29 is 9.21 Å². The fraction of sp³-hybridized carbons (Fsp3) is 0.259. The lowest BCUT2D eigenvalue weighted by molar-refractivity contribution is -0.113. The van der Waals surface area contributed by atoms with E-state index >= 15 is 0 Å². The van der Waals surface area contributed by atoms with Crippen molar-refractivity contribution in [1.82, 2.24) is 14.5 Å². The van der Waals surface area contributed by atoms with Crippen LogP contribution in [0.3, 0.4) is 0 Å². The molecule has 0 radical (unpaired) electrons. The highest BCUT2D eigenvalue weighted by molar-refractivity contribution is 8.00. The van der Waals surface area contributed by atoms with Gasteiger partial charge < -0.3 is 19.6 Å². The van der Waals surface area contributed by atoms with E-state index in [2.05, 4.69) is 48.0 Å². The van der Waals surface area contributed by atoms with Crippen molar-refractivity contribution in [3.63, 3.8) is 0 Å². The zero-order valence-electron chi connectivity index (χ0n) is 21.0. The van der Waals surface area contributed by atoms with Crippen molar-refractivity contribution in [2.24, 2.45) is 0 Å². The topological polar surface area (TPSA) is 102 Å². The first-order valence-electron chi connectivity index (χ1n) is 11.7. The van der Waals surface area contributed by atoms with Gasteiger partial charge in [-0.15, -0.1) is 11.8 Å². The van der Waals surface area contributed by atoms with E-state index in [0.717, 1.165) is 26.4 Å². The Balaban J connectivity index is 1.34. The Bertz CT molecular complexity index is 1450. The van der Waals surface area contributed by atoms with Crippen molar-refractivity contribution in [2.45, 2.75) is 42.7 Å². The third-order valence-electron chi connectivity index (χ3n) is 5.34. The summed E-state index contributed by atoms with van der Waals surface area (Å²) in [4.78, 5) is 32.8. The minimum Gasteiger partial charge on any atom is -0.444 e. The van der Waals surface area contributed by atoms with Gasteiger partial charge in [0.15, 0.2) is 10.9 Å². The standard InChI is InChI=1S/C27H29N5O3S2/c1-5-21(33)13-28-19-9-10-32(24(34)12-19)16-18-7-6-8-20(11-18)31-26-30-15-25(37-26)36-17-23-29-14-22(35-23)27(2,3)4/h5-12,14-15,28H,1,13,16-17H2,2-4H3,(H,30,31). The molecule has 0 bridgehead atoms. The van der Waals surface area contributed by atoms with Crippen LogP contribution >= 0.6 is 23.1 Å². The fourth-order valence-corrected chi connectivity index (χ4v) is 5.06. The second-order valence-corrected chi connectivity index (χ2v) is 11.7. The molecule has 192 valence electrons. The zero-order chi connectivity index (χ0) is 26.4. The second kappa shape index (κ2) is 11.6. The van der Waals surface area contributed by atoms with Crippen LogP contribution in [0.2, 0.25) is 0 Å². The van der Waals surface area contributed by atoms with E-state index in [0.29, 0.717) is 23.9 Å². The maximum Gasteiger partial charge on any atom is 0.252 e. The number of pyridine rings is 1. The number of carbonyl (C=O) groups is 1. The molecule has 1 aromatic carbocycles. The molecule has 3 aromatic heterocycles. The smallest absolute Gasteiger partial charge is 0.252 e. The van der Waals surface area contributed by atoms with Gasteiger partial charge in [0, 0.05) is 29.1 Å². The maximum absolute atomic E-state index is 12.5. The van der Waals surface area contributed by atoms with Gasteiger partial charge in [-0.3, -0.25) is 9.59 Å². The molecule has 10 heteroatoms. The summed E-state index contributed by atoms with van der Waals surface area (Å²) >= 11 is 3.20. The Morgan fingerprint density at radius 2 is 2.03 bits per heavy atom. The first kappa shape index (κ1) is 26.4. The number of anilines is 3. The van der Waals surface area contributed by atoms with Gasteiger partial charge in [0.25, 0.3) is 5.56 Å². The van der Waals surface area contributed by atoms with Crippen LogP contribution in [0.25, 0.3) is 0 Å². The van der Waals surface area contributed by atoms with Crippen LogP contribution in [0, 0.1) is 0 Å². The van der Waals surface area contributed by atoms with Gasteiger partial charge in [-0.05, 0) is 29.8 Å². The highest BCUT2D eigenvalue weighted by Crippen LogP contribution is 2.33. The summed E-state index contributed by atoms with van der Waals surface area (Å²) in [6, 6.07) is 11.1. The Labute approximate surface area is 223 Å². The molecule has 0 saturated carbocycles. The summed E-state index contributed by atoms with van der Waals surface area (Å²) in [7, 11) is 0. The monoisotopic (exact) mass is 535 g/mol. The molecule has 4 aromatic rings. The van der Waals surface area contributed by atoms with Gasteiger partial charge in [-0.2, -0.15) is 0 Å². The zero-order valence-corrected chi connectivity index (χ0v) is 22.6. The third-order valence-corrected chi connectivity index (χ3v) is 7.43. The summed E-state index contributed by atoms with van der Waals surface area (Å²) in [6.45, 7) is 10.3. The molecule has 0 unspecified atom stereocenters. The van der Waals surface area contributed by atoms with Crippen molar-refractivity contribution >= 4 is 45.4 Å². The maximum atomic E-state index is 12.5. The van der Waals surface area contributed by atoms with E-state index in [1.165, 1.54) is 12.1 Å². The molecule has 3 heterocycles. The molecule has 0 aliphatic rings. The van der Waals surface area contributed by atoms with Gasteiger partial charge >= 0.3 is 0 Å². The van der Waals surface area contributed by atoms with Crippen LogP contribution in [-0.2, 0) is 22.5 Å². The summed E-state index contributed by atoms with van der Waals surface area (Å²) in [6.07, 6.45) is 6.61. The lowest BCUT2D eigenvalue weighted by Crippen LogP contribution is -2.20. The molecule has 0 aliphatic heterocycles. The molecule has 0 aliphatic carbocycles. The number of hydrogen-bond acceptors (Lipinski definition) is 9. The Morgan fingerprint density at radius 1 is 1.19 bits per heavy atom. The van der Waals surface area contributed by atoms with Crippen LogP contribution in [-0.4, -0.2) is 26.9 Å².